The number of hydrogen-bond acceptors (Lipinski definition) is 4. The first-order valence-electron chi connectivity index (χ1n) is 4.02. The minimum absolute atomic E-state index is 0.0242. The van der Waals surface area contributed by atoms with E-state index >= 15 is 0 Å². The van der Waals surface area contributed by atoms with Crippen LogP contribution >= 0.6 is 0 Å². The van der Waals surface area contributed by atoms with Crippen molar-refractivity contribution in [2.75, 3.05) is 19.6 Å². The normalized spacial score (nSPS) is 38.0. The number of fused-ring (bicyclic) bond motifs is 4. The van der Waals surface area contributed by atoms with Gasteiger partial charge in [-0.3, -0.25) is 9.69 Å². The van der Waals surface area contributed by atoms with Crippen LogP contribution in [0.5, 0.6) is 0 Å². The van der Waals surface area contributed by atoms with Crippen LogP contribution in [0.1, 0.15) is 6.42 Å². The van der Waals surface area contributed by atoms with Crippen LogP contribution in [0.3, 0.4) is 0 Å². The van der Waals surface area contributed by atoms with Crippen LogP contribution in [-0.4, -0.2) is 47.4 Å². The Kier molecular flexibility index (Phi) is 1.73. The van der Waals surface area contributed by atoms with E-state index in [2.05, 4.69) is 10.5 Å². The van der Waals surface area contributed by atoms with Gasteiger partial charge in [0, 0.05) is 13.1 Å². The van der Waals surface area contributed by atoms with Crippen molar-refractivity contribution < 1.29 is 10.0 Å². The summed E-state index contributed by atoms with van der Waals surface area (Å²) >= 11 is 0. The third kappa shape index (κ3) is 1.16. The molecule has 5 heteroatoms. The van der Waals surface area contributed by atoms with E-state index < -0.39 is 0 Å². The predicted molar refractivity (Wildman–Crippen MR) is 42.2 cm³/mol. The Labute approximate surface area is 70.0 Å². The number of oxime groups is 1. The summed E-state index contributed by atoms with van der Waals surface area (Å²) in [5.74, 6) is 0.0242. The van der Waals surface area contributed by atoms with Gasteiger partial charge < -0.3 is 10.5 Å². The fourth-order valence-electron chi connectivity index (χ4n) is 1.73. The van der Waals surface area contributed by atoms with Crippen LogP contribution in [0.15, 0.2) is 5.16 Å². The number of nitrogens with one attached hydrogen (secondary N) is 1. The van der Waals surface area contributed by atoms with Crippen molar-refractivity contribution in [3.63, 3.8) is 0 Å². The molecule has 0 aromatic rings. The van der Waals surface area contributed by atoms with Gasteiger partial charge in [0.05, 0.1) is 18.3 Å². The zero-order valence-electron chi connectivity index (χ0n) is 6.66. The van der Waals surface area contributed by atoms with E-state index in [-0.39, 0.29) is 11.9 Å². The van der Waals surface area contributed by atoms with Gasteiger partial charge in [0.25, 0.3) is 0 Å². The lowest BCUT2D eigenvalue weighted by Crippen LogP contribution is -2.44. The SMILES string of the molecule is O=C1CN2CCC(N1)C(=NO)C2. The summed E-state index contributed by atoms with van der Waals surface area (Å²) in [6.45, 7) is 1.94. The molecule has 3 aliphatic heterocycles. The van der Waals surface area contributed by atoms with Gasteiger partial charge in [-0.05, 0) is 6.42 Å². The molecule has 0 saturated carbocycles. The van der Waals surface area contributed by atoms with Gasteiger partial charge in [0.1, 0.15) is 0 Å². The fraction of sp³-hybridized carbons (Fsp3) is 0.714. The standard InChI is InChI=1S/C7H11N3O2/c11-7-4-10-2-1-5(8-7)6(3-10)9-12/h5,12H,1-4H2,(H,8,11). The Bertz CT molecular complexity index is 239. The highest BCUT2D eigenvalue weighted by Gasteiger charge is 2.31. The molecule has 3 aliphatic rings. The largest absolute Gasteiger partial charge is 0.411 e. The van der Waals surface area contributed by atoms with Crippen LogP contribution in [0.2, 0.25) is 0 Å². The zero-order chi connectivity index (χ0) is 8.55. The lowest BCUT2D eigenvalue weighted by molar-refractivity contribution is -0.121. The van der Waals surface area contributed by atoms with E-state index in [0.29, 0.717) is 18.8 Å². The molecule has 0 aromatic heterocycles. The van der Waals surface area contributed by atoms with E-state index in [0.717, 1.165) is 13.0 Å². The smallest absolute Gasteiger partial charge is 0.234 e. The first-order chi connectivity index (χ1) is 5.79. The number of hydrogen-bond donors (Lipinski definition) is 2. The maximum atomic E-state index is 11.1. The zero-order valence-corrected chi connectivity index (χ0v) is 6.66. The van der Waals surface area contributed by atoms with Gasteiger partial charge in [0.2, 0.25) is 5.91 Å². The highest BCUT2D eigenvalue weighted by atomic mass is 16.4. The van der Waals surface area contributed by atoms with Gasteiger partial charge in [-0.15, -0.1) is 0 Å². The van der Waals surface area contributed by atoms with Gasteiger partial charge in [-0.2, -0.15) is 0 Å². The van der Waals surface area contributed by atoms with Crippen molar-refractivity contribution in [3.8, 4) is 0 Å². The predicted octanol–water partition coefficient (Wildman–Crippen LogP) is -0.979. The van der Waals surface area contributed by atoms with E-state index in [9.17, 15) is 4.79 Å². The number of piperidine rings is 1. The van der Waals surface area contributed by atoms with Crippen LogP contribution in [0.25, 0.3) is 0 Å². The number of amides is 1. The topological polar surface area (TPSA) is 64.9 Å². The summed E-state index contributed by atoms with van der Waals surface area (Å²) in [5.41, 5.74) is 0.673. The summed E-state index contributed by atoms with van der Waals surface area (Å²) in [4.78, 5) is 13.1. The van der Waals surface area contributed by atoms with Crippen molar-refractivity contribution in [1.29, 1.82) is 0 Å². The lowest BCUT2D eigenvalue weighted by atomic mass is 10.0. The molecule has 2 bridgehead atoms. The second kappa shape index (κ2) is 2.75. The minimum Gasteiger partial charge on any atom is -0.411 e. The molecule has 3 heterocycles. The average Bonchev–Trinajstić information content (AvgIpc) is 2.32. The Balaban J connectivity index is 2.23. The molecule has 3 fully saturated rings. The van der Waals surface area contributed by atoms with Crippen molar-refractivity contribution >= 4 is 11.6 Å². The molecule has 66 valence electrons. The van der Waals surface area contributed by atoms with E-state index in [4.69, 9.17) is 5.21 Å². The van der Waals surface area contributed by atoms with Crippen molar-refractivity contribution in [1.82, 2.24) is 10.2 Å². The number of carbonyl (C=O) groups is 1. The van der Waals surface area contributed by atoms with E-state index in [1.807, 2.05) is 4.90 Å². The number of nitrogens with zero attached hydrogens (tertiary/aromatic N) is 2. The molecule has 12 heavy (non-hydrogen) atoms. The van der Waals surface area contributed by atoms with Crippen LogP contribution in [0, 0.1) is 0 Å². The quantitative estimate of drug-likeness (QED) is 0.362. The second-order valence-corrected chi connectivity index (χ2v) is 3.21. The minimum atomic E-state index is -0.0405. The molecule has 0 radical (unpaired) electrons. The van der Waals surface area contributed by atoms with E-state index in [1.165, 1.54) is 0 Å². The molecule has 1 amide bonds. The molecule has 2 atom stereocenters. The number of rotatable bonds is 0. The highest BCUT2D eigenvalue weighted by Crippen LogP contribution is 2.11. The molecule has 0 spiro atoms. The first-order valence-corrected chi connectivity index (χ1v) is 4.02. The molecule has 2 N–H and O–H groups in total. The van der Waals surface area contributed by atoms with Gasteiger partial charge in [-0.25, -0.2) is 0 Å². The van der Waals surface area contributed by atoms with Gasteiger partial charge >= 0.3 is 0 Å². The van der Waals surface area contributed by atoms with Crippen LogP contribution < -0.4 is 5.32 Å². The van der Waals surface area contributed by atoms with Crippen LogP contribution in [-0.2, 0) is 4.79 Å². The third-order valence-corrected chi connectivity index (χ3v) is 2.35. The molecule has 0 aliphatic carbocycles. The van der Waals surface area contributed by atoms with Gasteiger partial charge in [-0.1, -0.05) is 5.16 Å². The summed E-state index contributed by atoms with van der Waals surface area (Å²) in [5, 5.41) is 14.6. The number of carbonyl (C=O) groups excluding carboxylic acids is 1. The first kappa shape index (κ1) is 7.54. The maximum absolute atomic E-state index is 11.1. The second-order valence-electron chi connectivity index (χ2n) is 3.21. The fourth-order valence-corrected chi connectivity index (χ4v) is 1.73. The summed E-state index contributed by atoms with van der Waals surface area (Å²) in [7, 11) is 0. The molecule has 2 unspecified atom stereocenters. The maximum Gasteiger partial charge on any atom is 0.234 e. The van der Waals surface area contributed by atoms with Crippen molar-refractivity contribution in [3.05, 3.63) is 0 Å². The molecule has 3 saturated heterocycles. The Morgan fingerprint density at radius 1 is 1.58 bits per heavy atom. The molecule has 3 rings (SSSR count). The third-order valence-electron chi connectivity index (χ3n) is 2.35. The van der Waals surface area contributed by atoms with E-state index in [1.54, 1.807) is 0 Å². The monoisotopic (exact) mass is 169 g/mol. The molecular weight excluding hydrogens is 158 g/mol. The summed E-state index contributed by atoms with van der Waals surface area (Å²) in [6.07, 6.45) is 0.852. The Morgan fingerprint density at radius 2 is 2.42 bits per heavy atom. The summed E-state index contributed by atoms with van der Waals surface area (Å²) < 4.78 is 0. The average molecular weight is 169 g/mol. The Morgan fingerprint density at radius 3 is 3.17 bits per heavy atom. The highest BCUT2D eigenvalue weighted by molar-refractivity contribution is 5.97. The molecule has 0 aromatic carbocycles. The van der Waals surface area contributed by atoms with Gasteiger partial charge in [0.15, 0.2) is 0 Å². The van der Waals surface area contributed by atoms with Crippen LogP contribution in [0.4, 0.5) is 0 Å². The molecule has 5 nitrogen and oxygen atoms in total. The lowest BCUT2D eigenvalue weighted by Gasteiger charge is -2.25. The Hall–Kier alpha value is -1.10. The molecular formula is C7H11N3O2. The van der Waals surface area contributed by atoms with Crippen molar-refractivity contribution in [2.45, 2.75) is 12.5 Å². The summed E-state index contributed by atoms with van der Waals surface area (Å²) in [6, 6.07) is -0.0405. The van der Waals surface area contributed by atoms with Crippen molar-refractivity contribution in [2.24, 2.45) is 5.16 Å².